The van der Waals surface area contributed by atoms with Gasteiger partial charge in [-0.2, -0.15) is 0 Å². The van der Waals surface area contributed by atoms with Gasteiger partial charge in [-0.25, -0.2) is 4.98 Å². The Bertz CT molecular complexity index is 371. The van der Waals surface area contributed by atoms with Gasteiger partial charge >= 0.3 is 0 Å². The molecule has 18 heavy (non-hydrogen) atoms. The molecule has 1 saturated carbocycles. The molecule has 4 nitrogen and oxygen atoms in total. The van der Waals surface area contributed by atoms with E-state index in [-0.39, 0.29) is 0 Å². The van der Waals surface area contributed by atoms with Gasteiger partial charge < -0.3 is 10.3 Å². The number of rotatable bonds is 5. The molecule has 1 saturated heterocycles. The van der Waals surface area contributed by atoms with Crippen LogP contribution in [-0.4, -0.2) is 39.5 Å². The van der Waals surface area contributed by atoms with E-state index in [1.165, 1.54) is 25.8 Å². The van der Waals surface area contributed by atoms with Crippen molar-refractivity contribution < 1.29 is 0 Å². The molecule has 0 aromatic carbocycles. The van der Waals surface area contributed by atoms with Crippen molar-refractivity contribution in [2.24, 2.45) is 0 Å². The lowest BCUT2D eigenvalue weighted by molar-refractivity contribution is 0.253. The summed E-state index contributed by atoms with van der Waals surface area (Å²) in [5.41, 5.74) is 0. The summed E-state index contributed by atoms with van der Waals surface area (Å²) < 4.78 is 0. The molecular formula is C14H24N4. The third-order valence-electron chi connectivity index (χ3n) is 4.33. The number of H-pyrrole nitrogens is 1. The molecule has 4 heteroatoms. The van der Waals surface area contributed by atoms with Gasteiger partial charge in [-0.05, 0) is 32.6 Å². The van der Waals surface area contributed by atoms with Crippen molar-refractivity contribution in [3.05, 3.63) is 18.2 Å². The molecule has 0 bridgehead atoms. The highest BCUT2D eigenvalue weighted by Crippen LogP contribution is 2.33. The highest BCUT2D eigenvalue weighted by molar-refractivity contribution is 5.00. The highest BCUT2D eigenvalue weighted by Gasteiger charge is 2.39. The van der Waals surface area contributed by atoms with Gasteiger partial charge in [0.2, 0.25) is 0 Å². The van der Waals surface area contributed by atoms with Crippen LogP contribution in [0.2, 0.25) is 0 Å². The summed E-state index contributed by atoms with van der Waals surface area (Å²) in [7, 11) is 0. The van der Waals surface area contributed by atoms with Gasteiger partial charge in [0.15, 0.2) is 0 Å². The third kappa shape index (κ3) is 2.45. The molecule has 2 aliphatic rings. The molecule has 0 spiro atoms. The fraction of sp³-hybridized carbons (Fsp3) is 0.786. The van der Waals surface area contributed by atoms with E-state index in [0.717, 1.165) is 24.3 Å². The Balaban J connectivity index is 1.59. The number of nitrogens with one attached hydrogen (secondary N) is 2. The van der Waals surface area contributed by atoms with Crippen molar-refractivity contribution in [3.63, 3.8) is 0 Å². The zero-order valence-electron chi connectivity index (χ0n) is 11.4. The SMILES string of the molecule is CCC(NC1CC(C)N(C2CC2)C1)c1ncc[nH]1. The van der Waals surface area contributed by atoms with E-state index >= 15 is 0 Å². The van der Waals surface area contributed by atoms with Crippen LogP contribution in [0.1, 0.15) is 51.4 Å². The van der Waals surface area contributed by atoms with Crippen LogP contribution in [0, 0.1) is 0 Å². The molecule has 1 aliphatic carbocycles. The lowest BCUT2D eigenvalue weighted by atomic mass is 10.1. The Kier molecular flexibility index (Phi) is 3.39. The number of aromatic amines is 1. The van der Waals surface area contributed by atoms with Gasteiger partial charge in [0.1, 0.15) is 5.82 Å². The van der Waals surface area contributed by atoms with Gasteiger partial charge in [-0.15, -0.1) is 0 Å². The number of likely N-dealkylation sites (tertiary alicyclic amines) is 1. The second-order valence-corrected chi connectivity index (χ2v) is 5.81. The maximum Gasteiger partial charge on any atom is 0.123 e. The second-order valence-electron chi connectivity index (χ2n) is 5.81. The minimum atomic E-state index is 0.372. The topological polar surface area (TPSA) is 44.0 Å². The molecule has 2 fully saturated rings. The van der Waals surface area contributed by atoms with Gasteiger partial charge in [0.05, 0.1) is 6.04 Å². The van der Waals surface area contributed by atoms with Crippen LogP contribution in [0.25, 0.3) is 0 Å². The van der Waals surface area contributed by atoms with Gasteiger partial charge in [0.25, 0.3) is 0 Å². The van der Waals surface area contributed by atoms with Crippen LogP contribution in [-0.2, 0) is 0 Å². The minimum absolute atomic E-state index is 0.372. The van der Waals surface area contributed by atoms with Gasteiger partial charge in [0, 0.05) is 37.1 Å². The van der Waals surface area contributed by atoms with E-state index in [0.29, 0.717) is 12.1 Å². The number of imidazole rings is 1. The first-order valence-corrected chi connectivity index (χ1v) is 7.29. The molecule has 2 N–H and O–H groups in total. The number of nitrogens with zero attached hydrogens (tertiary/aromatic N) is 2. The first-order valence-electron chi connectivity index (χ1n) is 7.29. The molecular weight excluding hydrogens is 224 g/mol. The van der Waals surface area contributed by atoms with Crippen molar-refractivity contribution in [2.45, 2.75) is 63.7 Å². The van der Waals surface area contributed by atoms with E-state index in [1.807, 2.05) is 12.4 Å². The maximum absolute atomic E-state index is 4.38. The van der Waals surface area contributed by atoms with Crippen LogP contribution in [0.4, 0.5) is 0 Å². The van der Waals surface area contributed by atoms with Crippen LogP contribution in [0.15, 0.2) is 12.4 Å². The monoisotopic (exact) mass is 248 g/mol. The molecule has 3 unspecified atom stereocenters. The fourth-order valence-electron chi connectivity index (χ4n) is 3.23. The second kappa shape index (κ2) is 5.02. The van der Waals surface area contributed by atoms with Crippen LogP contribution in [0.5, 0.6) is 0 Å². The van der Waals surface area contributed by atoms with Crippen molar-refractivity contribution in [1.29, 1.82) is 0 Å². The number of aromatic nitrogens is 2. The first-order chi connectivity index (χ1) is 8.78. The summed E-state index contributed by atoms with van der Waals surface area (Å²) in [6.07, 6.45) is 8.93. The Morgan fingerprint density at radius 3 is 3.00 bits per heavy atom. The molecule has 2 heterocycles. The molecule has 100 valence electrons. The lowest BCUT2D eigenvalue weighted by Crippen LogP contribution is -2.36. The molecule has 1 aromatic heterocycles. The Hall–Kier alpha value is -0.870. The molecule has 0 amide bonds. The largest absolute Gasteiger partial charge is 0.347 e. The summed E-state index contributed by atoms with van der Waals surface area (Å²) in [5, 5.41) is 3.78. The summed E-state index contributed by atoms with van der Waals surface area (Å²) in [6.45, 7) is 5.80. The van der Waals surface area contributed by atoms with E-state index in [2.05, 4.69) is 34.0 Å². The summed E-state index contributed by atoms with van der Waals surface area (Å²) in [4.78, 5) is 10.3. The average Bonchev–Trinajstić information content (AvgIpc) is 2.93. The van der Waals surface area contributed by atoms with Gasteiger partial charge in [-0.1, -0.05) is 6.92 Å². The number of hydrogen-bond donors (Lipinski definition) is 2. The predicted molar refractivity (Wildman–Crippen MR) is 72.4 cm³/mol. The molecule has 1 aliphatic heterocycles. The lowest BCUT2D eigenvalue weighted by Gasteiger charge is -2.21. The third-order valence-corrected chi connectivity index (χ3v) is 4.33. The van der Waals surface area contributed by atoms with Crippen molar-refractivity contribution in [1.82, 2.24) is 20.2 Å². The molecule has 3 rings (SSSR count). The summed E-state index contributed by atoms with van der Waals surface area (Å²) in [5.74, 6) is 1.08. The zero-order chi connectivity index (χ0) is 12.5. The van der Waals surface area contributed by atoms with Crippen LogP contribution < -0.4 is 5.32 Å². The van der Waals surface area contributed by atoms with Crippen LogP contribution in [0.3, 0.4) is 0 Å². The zero-order valence-corrected chi connectivity index (χ0v) is 11.4. The van der Waals surface area contributed by atoms with Crippen molar-refractivity contribution in [2.75, 3.05) is 6.54 Å². The van der Waals surface area contributed by atoms with Crippen molar-refractivity contribution in [3.8, 4) is 0 Å². The molecule has 3 atom stereocenters. The normalized spacial score (nSPS) is 30.8. The average molecular weight is 248 g/mol. The van der Waals surface area contributed by atoms with Crippen LogP contribution >= 0.6 is 0 Å². The van der Waals surface area contributed by atoms with E-state index in [4.69, 9.17) is 0 Å². The maximum atomic E-state index is 4.38. The standard InChI is InChI=1S/C14H24N4/c1-3-13(14-15-6-7-16-14)17-11-8-10(2)18(9-11)12-4-5-12/h6-7,10-13,17H,3-5,8-9H2,1-2H3,(H,15,16). The highest BCUT2D eigenvalue weighted by atomic mass is 15.3. The number of hydrogen-bond acceptors (Lipinski definition) is 3. The Morgan fingerprint density at radius 1 is 1.56 bits per heavy atom. The van der Waals surface area contributed by atoms with E-state index in [9.17, 15) is 0 Å². The van der Waals surface area contributed by atoms with E-state index < -0.39 is 0 Å². The summed E-state index contributed by atoms with van der Waals surface area (Å²) in [6, 6.07) is 2.62. The predicted octanol–water partition coefficient (Wildman–Crippen LogP) is 2.08. The fourth-order valence-corrected chi connectivity index (χ4v) is 3.23. The Labute approximate surface area is 109 Å². The first kappa shape index (κ1) is 12.2. The quantitative estimate of drug-likeness (QED) is 0.838. The van der Waals surface area contributed by atoms with E-state index in [1.54, 1.807) is 0 Å². The van der Waals surface area contributed by atoms with Crippen molar-refractivity contribution >= 4 is 0 Å². The smallest absolute Gasteiger partial charge is 0.123 e. The summed E-state index contributed by atoms with van der Waals surface area (Å²) >= 11 is 0. The Morgan fingerprint density at radius 2 is 2.39 bits per heavy atom. The minimum Gasteiger partial charge on any atom is -0.347 e. The van der Waals surface area contributed by atoms with Gasteiger partial charge in [-0.3, -0.25) is 4.90 Å². The molecule has 0 radical (unpaired) electrons. The molecule has 1 aromatic rings.